The fourth-order valence-corrected chi connectivity index (χ4v) is 4.73. The van der Waals surface area contributed by atoms with Crippen molar-refractivity contribution in [3.05, 3.63) is 59.7 Å². The van der Waals surface area contributed by atoms with Gasteiger partial charge in [0.25, 0.3) is 0 Å². The molecule has 3 rings (SSSR count). The normalized spacial score (nSPS) is 17.0. The van der Waals surface area contributed by atoms with E-state index in [2.05, 4.69) is 30.9 Å². The quantitative estimate of drug-likeness (QED) is 0.478. The van der Waals surface area contributed by atoms with E-state index >= 15 is 0 Å². The van der Waals surface area contributed by atoms with Crippen LogP contribution in [0.1, 0.15) is 25.0 Å². The summed E-state index contributed by atoms with van der Waals surface area (Å²) in [6, 6.07) is 16.0. The Balaban J connectivity index is 1.53. The third-order valence-electron chi connectivity index (χ3n) is 5.79. The highest BCUT2D eigenvalue weighted by atomic mass is 35.5. The molecule has 0 spiro atoms. The Morgan fingerprint density at radius 2 is 1.34 bits per heavy atom. The van der Waals surface area contributed by atoms with Crippen LogP contribution in [0.4, 0.5) is 0 Å². The molecule has 2 atom stereocenters. The molecule has 0 bridgehead atoms. The molecule has 1 aliphatic rings. The van der Waals surface area contributed by atoms with Crippen LogP contribution in [0.25, 0.3) is 0 Å². The van der Waals surface area contributed by atoms with Crippen LogP contribution >= 0.6 is 23.4 Å². The molecule has 2 N–H and O–H groups in total. The van der Waals surface area contributed by atoms with Gasteiger partial charge in [-0.05, 0) is 35.4 Å². The number of aliphatic hydroxyl groups excluding tert-OH is 2. The molecular formula is C25H34ClNO4S. The van der Waals surface area contributed by atoms with Gasteiger partial charge in [0.1, 0.15) is 36.9 Å². The fourth-order valence-electron chi connectivity index (χ4n) is 3.67. The van der Waals surface area contributed by atoms with Crippen molar-refractivity contribution >= 4 is 23.4 Å². The number of ether oxygens (including phenoxy) is 2. The van der Waals surface area contributed by atoms with Gasteiger partial charge in [-0.1, -0.05) is 38.1 Å². The summed E-state index contributed by atoms with van der Waals surface area (Å²) in [6.07, 6.45) is -1.15. The minimum absolute atomic E-state index is 0.154. The second-order valence-electron chi connectivity index (χ2n) is 8.67. The minimum atomic E-state index is -0.668. The molecule has 1 aliphatic heterocycles. The smallest absolute Gasteiger partial charge is 0.119 e. The molecule has 176 valence electrons. The monoisotopic (exact) mass is 479 g/mol. The molecule has 2 aromatic rings. The van der Waals surface area contributed by atoms with Crippen LogP contribution in [-0.2, 0) is 5.41 Å². The van der Waals surface area contributed by atoms with Gasteiger partial charge < -0.3 is 19.7 Å². The van der Waals surface area contributed by atoms with Crippen LogP contribution in [0.2, 0.25) is 0 Å². The summed E-state index contributed by atoms with van der Waals surface area (Å²) >= 11 is 7.57. The number of thioether (sulfide) groups is 1. The van der Waals surface area contributed by atoms with Crippen molar-refractivity contribution in [3.8, 4) is 11.5 Å². The van der Waals surface area contributed by atoms with Gasteiger partial charge in [0, 0.05) is 36.6 Å². The summed E-state index contributed by atoms with van der Waals surface area (Å²) in [5.41, 5.74) is 2.13. The van der Waals surface area contributed by atoms with Crippen LogP contribution in [0, 0.1) is 0 Å². The number of nitrogens with zero attached hydrogens (tertiary/aromatic N) is 1. The molecular weight excluding hydrogens is 446 g/mol. The highest BCUT2D eigenvalue weighted by molar-refractivity contribution is 7.99. The fraction of sp³-hybridized carbons (Fsp3) is 0.520. The van der Waals surface area contributed by atoms with Crippen molar-refractivity contribution < 1.29 is 19.7 Å². The molecule has 0 amide bonds. The summed E-state index contributed by atoms with van der Waals surface area (Å²) in [6.45, 7) is 7.57. The number of β-amino-alcohol motifs (C(OH)–C–C–N with tert-alkyl or cyclic N) is 1. The van der Waals surface area contributed by atoms with Gasteiger partial charge in [0.15, 0.2) is 0 Å². The van der Waals surface area contributed by atoms with E-state index in [9.17, 15) is 10.2 Å². The first kappa shape index (κ1) is 25.2. The standard InChI is InChI=1S/C25H34ClNO4S/c1-25(2,19-3-7-23(8-4-19)30-17-21(28)15-26)20-5-9-24(10-6-20)31-18-22(29)16-27-11-13-32-14-12-27/h3-10,21-22,28-29H,11-18H2,1-2H3/t21-,22-/m0/s1. The molecule has 0 aromatic heterocycles. The predicted molar refractivity (Wildman–Crippen MR) is 133 cm³/mol. The maximum absolute atomic E-state index is 10.3. The Hall–Kier alpha value is -1.44. The maximum Gasteiger partial charge on any atom is 0.119 e. The second-order valence-corrected chi connectivity index (χ2v) is 10.2. The van der Waals surface area contributed by atoms with E-state index in [4.69, 9.17) is 21.1 Å². The van der Waals surface area contributed by atoms with Crippen LogP contribution in [-0.4, -0.2) is 77.6 Å². The minimum Gasteiger partial charge on any atom is -0.491 e. The van der Waals surface area contributed by atoms with E-state index in [-0.39, 0.29) is 17.9 Å². The summed E-state index contributed by atoms with van der Waals surface area (Å²) in [4.78, 5) is 2.30. The SMILES string of the molecule is CC(C)(c1ccc(OC[C@@H](O)CN2CCSCC2)cc1)c1ccc(OC[C@@H](O)CCl)cc1. The maximum atomic E-state index is 10.3. The summed E-state index contributed by atoms with van der Waals surface area (Å²) < 4.78 is 11.4. The lowest BCUT2D eigenvalue weighted by Gasteiger charge is -2.28. The van der Waals surface area contributed by atoms with Crippen LogP contribution < -0.4 is 9.47 Å². The molecule has 0 unspecified atom stereocenters. The van der Waals surface area contributed by atoms with Crippen molar-refractivity contribution in [2.75, 3.05) is 50.2 Å². The van der Waals surface area contributed by atoms with Crippen molar-refractivity contribution in [2.24, 2.45) is 0 Å². The van der Waals surface area contributed by atoms with E-state index in [0.29, 0.717) is 18.9 Å². The summed E-state index contributed by atoms with van der Waals surface area (Å²) in [5.74, 6) is 3.90. The first-order chi connectivity index (χ1) is 15.4. The van der Waals surface area contributed by atoms with Gasteiger partial charge in [-0.2, -0.15) is 11.8 Å². The van der Waals surface area contributed by atoms with Crippen molar-refractivity contribution in [1.29, 1.82) is 0 Å². The topological polar surface area (TPSA) is 62.2 Å². The molecule has 5 nitrogen and oxygen atoms in total. The number of hydrogen-bond donors (Lipinski definition) is 2. The van der Waals surface area contributed by atoms with E-state index < -0.39 is 12.2 Å². The zero-order chi connectivity index (χ0) is 23.0. The van der Waals surface area contributed by atoms with E-state index in [1.165, 1.54) is 5.56 Å². The lowest BCUT2D eigenvalue weighted by molar-refractivity contribution is 0.0715. The molecule has 2 aromatic carbocycles. The number of alkyl halides is 1. The number of aliphatic hydroxyl groups is 2. The van der Waals surface area contributed by atoms with Crippen LogP contribution in [0.5, 0.6) is 11.5 Å². The van der Waals surface area contributed by atoms with E-state index in [0.717, 1.165) is 35.9 Å². The van der Waals surface area contributed by atoms with E-state index in [1.54, 1.807) is 0 Å². The average molecular weight is 480 g/mol. The Bertz CT molecular complexity index is 810. The number of halogens is 1. The third kappa shape index (κ3) is 7.29. The third-order valence-corrected chi connectivity index (χ3v) is 7.09. The van der Waals surface area contributed by atoms with Gasteiger partial charge >= 0.3 is 0 Å². The van der Waals surface area contributed by atoms with Crippen molar-refractivity contribution in [1.82, 2.24) is 4.90 Å². The van der Waals surface area contributed by atoms with Gasteiger partial charge in [-0.3, -0.25) is 4.90 Å². The molecule has 32 heavy (non-hydrogen) atoms. The van der Waals surface area contributed by atoms with Crippen LogP contribution in [0.3, 0.4) is 0 Å². The van der Waals surface area contributed by atoms with Crippen molar-refractivity contribution in [2.45, 2.75) is 31.5 Å². The molecule has 0 aliphatic carbocycles. The number of hydrogen-bond acceptors (Lipinski definition) is 6. The Morgan fingerprint density at radius 1 is 0.875 bits per heavy atom. The van der Waals surface area contributed by atoms with Gasteiger partial charge in [0.05, 0.1) is 5.88 Å². The Kier molecular flexibility index (Phi) is 9.56. The second kappa shape index (κ2) is 12.1. The average Bonchev–Trinajstić information content (AvgIpc) is 2.82. The van der Waals surface area contributed by atoms with Gasteiger partial charge in [-0.25, -0.2) is 0 Å². The Morgan fingerprint density at radius 3 is 1.81 bits per heavy atom. The zero-order valence-electron chi connectivity index (χ0n) is 18.9. The number of rotatable bonds is 11. The molecule has 1 saturated heterocycles. The largest absolute Gasteiger partial charge is 0.491 e. The van der Waals surface area contributed by atoms with Crippen molar-refractivity contribution in [3.63, 3.8) is 0 Å². The predicted octanol–water partition coefficient (Wildman–Crippen LogP) is 3.78. The first-order valence-electron chi connectivity index (χ1n) is 11.1. The first-order valence-corrected chi connectivity index (χ1v) is 12.8. The van der Waals surface area contributed by atoms with E-state index in [1.807, 2.05) is 48.2 Å². The van der Waals surface area contributed by atoms with Crippen LogP contribution in [0.15, 0.2) is 48.5 Å². The lowest BCUT2D eigenvalue weighted by Crippen LogP contribution is -2.40. The zero-order valence-corrected chi connectivity index (χ0v) is 20.4. The molecule has 7 heteroatoms. The Labute approximate surface area is 200 Å². The molecule has 1 fully saturated rings. The molecule has 1 heterocycles. The summed E-state index contributed by atoms with van der Waals surface area (Å²) in [7, 11) is 0. The van der Waals surface area contributed by atoms with Gasteiger partial charge in [0.2, 0.25) is 0 Å². The van der Waals surface area contributed by atoms with Gasteiger partial charge in [-0.15, -0.1) is 11.6 Å². The molecule has 0 saturated carbocycles. The molecule has 0 radical (unpaired) electrons. The number of benzene rings is 2. The highest BCUT2D eigenvalue weighted by Gasteiger charge is 2.23. The highest BCUT2D eigenvalue weighted by Crippen LogP contribution is 2.33. The summed E-state index contributed by atoms with van der Waals surface area (Å²) in [5, 5.41) is 19.8. The lowest BCUT2D eigenvalue weighted by atomic mass is 9.78.